The Hall–Kier alpha value is -5.08. The van der Waals surface area contributed by atoms with Crippen LogP contribution in [0.3, 0.4) is 0 Å². The number of hydrogen-bond acceptors (Lipinski definition) is 2. The van der Waals surface area contributed by atoms with Gasteiger partial charge in [0, 0.05) is 33.6 Å². The Kier molecular flexibility index (Phi) is 9.51. The molecule has 0 aliphatic heterocycles. The molecule has 0 heterocycles. The number of benzene rings is 6. The summed E-state index contributed by atoms with van der Waals surface area (Å²) in [5, 5.41) is 0. The van der Waals surface area contributed by atoms with E-state index in [9.17, 15) is 0 Å². The lowest BCUT2D eigenvalue weighted by atomic mass is 9.84. The Morgan fingerprint density at radius 3 is 0.880 bits per heavy atom. The highest BCUT2D eigenvalue weighted by molar-refractivity contribution is 5.94. The normalized spacial score (nSPS) is 11.3. The van der Waals surface area contributed by atoms with Crippen LogP contribution in [0, 0.1) is 69.2 Å². The lowest BCUT2D eigenvalue weighted by Crippen LogP contribution is -2.04. The number of anilines is 2. The van der Waals surface area contributed by atoms with Gasteiger partial charge in [-0.15, -0.1) is 0 Å². The van der Waals surface area contributed by atoms with E-state index in [1.807, 2.05) is 0 Å². The van der Waals surface area contributed by atoms with E-state index in [1.165, 1.54) is 89.0 Å². The molecule has 0 unspecified atom stereocenters. The van der Waals surface area contributed by atoms with Crippen LogP contribution in [0.2, 0.25) is 0 Å². The number of aryl methyl sites for hydroxylation is 12. The molecule has 0 saturated carbocycles. The average molecular weight is 657 g/mol. The van der Waals surface area contributed by atoms with E-state index >= 15 is 0 Å². The predicted octanol–water partition coefficient (Wildman–Crippen LogP) is 12.4. The van der Waals surface area contributed by atoms with Crippen molar-refractivity contribution in [2.24, 2.45) is 0 Å². The largest absolute Gasteiger partial charge is 0.398 e. The summed E-state index contributed by atoms with van der Waals surface area (Å²) in [6.07, 6.45) is 1.77. The standard InChI is InChI=1S/C48H52N2/c1-27-19-31(5)43(32(6)20-27)39-13-11-15-41(47(39)49)45-35(9)23-29(3)25-37(45)17-18-38-26-30(4)24-36(10)46(38)42-16-12-14-40(48(42)50)44-33(7)21-28(2)22-34(44)8/h11-16,19-26H,17-18,49-50H2,1-10H3. The molecule has 0 spiro atoms. The fraction of sp³-hybridized carbons (Fsp3) is 0.250. The molecule has 0 aliphatic carbocycles. The summed E-state index contributed by atoms with van der Waals surface area (Å²) in [4.78, 5) is 0. The van der Waals surface area contributed by atoms with E-state index < -0.39 is 0 Å². The van der Waals surface area contributed by atoms with Crippen molar-refractivity contribution in [2.75, 3.05) is 11.5 Å². The summed E-state index contributed by atoms with van der Waals surface area (Å²) >= 11 is 0. The fourth-order valence-electron chi connectivity index (χ4n) is 8.76. The van der Waals surface area contributed by atoms with E-state index in [2.05, 4.69) is 154 Å². The van der Waals surface area contributed by atoms with Crippen molar-refractivity contribution in [3.63, 3.8) is 0 Å². The first kappa shape index (κ1) is 34.8. The molecule has 0 radical (unpaired) electrons. The van der Waals surface area contributed by atoms with E-state index in [4.69, 9.17) is 11.5 Å². The summed E-state index contributed by atoms with van der Waals surface area (Å²) in [7, 11) is 0. The van der Waals surface area contributed by atoms with Crippen LogP contribution in [0.5, 0.6) is 0 Å². The van der Waals surface area contributed by atoms with E-state index in [1.54, 1.807) is 0 Å². The molecule has 6 rings (SSSR count). The summed E-state index contributed by atoms with van der Waals surface area (Å²) in [6, 6.07) is 31.4. The molecule has 4 N–H and O–H groups in total. The molecule has 0 aromatic heterocycles. The summed E-state index contributed by atoms with van der Waals surface area (Å²) in [5.74, 6) is 0. The molecule has 0 atom stereocenters. The van der Waals surface area contributed by atoms with Gasteiger partial charge in [0.15, 0.2) is 0 Å². The third-order valence-electron chi connectivity index (χ3n) is 10.4. The van der Waals surface area contributed by atoms with E-state index in [0.717, 1.165) is 46.5 Å². The van der Waals surface area contributed by atoms with Crippen molar-refractivity contribution in [3.8, 4) is 44.5 Å². The van der Waals surface area contributed by atoms with Crippen molar-refractivity contribution in [1.29, 1.82) is 0 Å². The SMILES string of the molecule is Cc1cc(C)c(-c2cccc(-c3c(C)cc(C)cc3CCc3cc(C)cc(C)c3-c3cccc(-c4c(C)cc(C)cc4C)c3N)c2N)c(C)c1. The first-order valence-electron chi connectivity index (χ1n) is 17.9. The number of nitrogen functional groups attached to an aromatic ring is 2. The minimum Gasteiger partial charge on any atom is -0.398 e. The number of hydrogen-bond donors (Lipinski definition) is 2. The van der Waals surface area contributed by atoms with Gasteiger partial charge in [-0.1, -0.05) is 107 Å². The maximum atomic E-state index is 7.14. The van der Waals surface area contributed by atoms with Gasteiger partial charge in [0.1, 0.15) is 0 Å². The van der Waals surface area contributed by atoms with Crippen LogP contribution in [0.25, 0.3) is 44.5 Å². The van der Waals surface area contributed by atoms with Gasteiger partial charge in [0.05, 0.1) is 0 Å². The highest BCUT2D eigenvalue weighted by Gasteiger charge is 2.20. The van der Waals surface area contributed by atoms with Crippen LogP contribution in [0.4, 0.5) is 11.4 Å². The smallest absolute Gasteiger partial charge is 0.0473 e. The molecule has 254 valence electrons. The van der Waals surface area contributed by atoms with Gasteiger partial charge < -0.3 is 11.5 Å². The minimum atomic E-state index is 0.842. The lowest BCUT2D eigenvalue weighted by Gasteiger charge is -2.22. The van der Waals surface area contributed by atoms with Gasteiger partial charge >= 0.3 is 0 Å². The molecule has 6 aromatic carbocycles. The number of rotatable bonds is 7. The summed E-state index contributed by atoms with van der Waals surface area (Å²) < 4.78 is 0. The van der Waals surface area contributed by atoms with Gasteiger partial charge in [0.2, 0.25) is 0 Å². The zero-order valence-electron chi connectivity index (χ0n) is 31.7. The van der Waals surface area contributed by atoms with Crippen LogP contribution in [-0.4, -0.2) is 0 Å². The number of para-hydroxylation sites is 2. The quantitative estimate of drug-likeness (QED) is 0.168. The van der Waals surface area contributed by atoms with E-state index in [-0.39, 0.29) is 0 Å². The first-order valence-corrected chi connectivity index (χ1v) is 17.9. The van der Waals surface area contributed by atoms with Gasteiger partial charge in [-0.05, 0) is 149 Å². The zero-order chi connectivity index (χ0) is 36.0. The van der Waals surface area contributed by atoms with Crippen molar-refractivity contribution < 1.29 is 0 Å². The second-order valence-electron chi connectivity index (χ2n) is 14.8. The molecule has 6 aromatic rings. The molecular formula is C48H52N2. The molecular weight excluding hydrogens is 605 g/mol. The fourth-order valence-corrected chi connectivity index (χ4v) is 8.76. The minimum absolute atomic E-state index is 0.842. The van der Waals surface area contributed by atoms with Crippen LogP contribution in [0.1, 0.15) is 66.8 Å². The molecule has 0 aliphatic rings. The Balaban J connectivity index is 1.45. The molecule has 0 amide bonds. The summed E-state index contributed by atoms with van der Waals surface area (Å²) in [5.41, 5.74) is 40.6. The Morgan fingerprint density at radius 1 is 0.340 bits per heavy atom. The molecule has 2 nitrogen and oxygen atoms in total. The zero-order valence-corrected chi connectivity index (χ0v) is 31.7. The second kappa shape index (κ2) is 13.7. The van der Waals surface area contributed by atoms with Crippen LogP contribution >= 0.6 is 0 Å². The Morgan fingerprint density at radius 2 is 0.580 bits per heavy atom. The third-order valence-corrected chi connectivity index (χ3v) is 10.4. The number of nitrogens with two attached hydrogens (primary N) is 2. The lowest BCUT2D eigenvalue weighted by molar-refractivity contribution is 0.955. The van der Waals surface area contributed by atoms with Gasteiger partial charge in [-0.3, -0.25) is 0 Å². The monoisotopic (exact) mass is 656 g/mol. The van der Waals surface area contributed by atoms with Crippen LogP contribution < -0.4 is 11.5 Å². The van der Waals surface area contributed by atoms with Gasteiger partial charge in [0.25, 0.3) is 0 Å². The van der Waals surface area contributed by atoms with Crippen molar-refractivity contribution in [1.82, 2.24) is 0 Å². The maximum Gasteiger partial charge on any atom is 0.0473 e. The topological polar surface area (TPSA) is 52.0 Å². The molecule has 0 bridgehead atoms. The predicted molar refractivity (Wildman–Crippen MR) is 218 cm³/mol. The van der Waals surface area contributed by atoms with Crippen LogP contribution in [0.15, 0.2) is 84.9 Å². The molecule has 0 saturated heterocycles. The third kappa shape index (κ3) is 6.48. The Labute approximate surface area is 300 Å². The second-order valence-corrected chi connectivity index (χ2v) is 14.8. The van der Waals surface area contributed by atoms with Crippen molar-refractivity contribution in [3.05, 3.63) is 152 Å². The van der Waals surface area contributed by atoms with Crippen LogP contribution in [-0.2, 0) is 12.8 Å². The molecule has 0 fully saturated rings. The highest BCUT2D eigenvalue weighted by atomic mass is 14.6. The maximum absolute atomic E-state index is 7.14. The molecule has 2 heteroatoms. The van der Waals surface area contributed by atoms with Crippen molar-refractivity contribution in [2.45, 2.75) is 82.1 Å². The van der Waals surface area contributed by atoms with Gasteiger partial charge in [-0.2, -0.15) is 0 Å². The first-order chi connectivity index (χ1) is 23.7. The van der Waals surface area contributed by atoms with Crippen molar-refractivity contribution >= 4 is 11.4 Å². The Bertz CT molecular complexity index is 2080. The average Bonchev–Trinajstić information content (AvgIpc) is 3.01. The highest BCUT2D eigenvalue weighted by Crippen LogP contribution is 2.43. The molecule has 50 heavy (non-hydrogen) atoms. The summed E-state index contributed by atoms with van der Waals surface area (Å²) in [6.45, 7) is 21.9. The van der Waals surface area contributed by atoms with E-state index in [0.29, 0.717) is 0 Å². The van der Waals surface area contributed by atoms with Gasteiger partial charge in [-0.25, -0.2) is 0 Å².